The first kappa shape index (κ1) is 9.38. The summed E-state index contributed by atoms with van der Waals surface area (Å²) in [6, 6.07) is 0. The highest BCUT2D eigenvalue weighted by Gasteiger charge is 2.24. The van der Waals surface area contributed by atoms with E-state index in [1.165, 1.54) is 17.4 Å². The molecule has 1 aliphatic carbocycles. The molecule has 0 bridgehead atoms. The van der Waals surface area contributed by atoms with Crippen LogP contribution in [0.4, 0.5) is 0 Å². The normalized spacial score (nSPS) is 15.8. The van der Waals surface area contributed by atoms with Gasteiger partial charge in [0, 0.05) is 7.05 Å². The molecule has 0 aliphatic heterocycles. The van der Waals surface area contributed by atoms with E-state index in [1.54, 1.807) is 7.05 Å². The van der Waals surface area contributed by atoms with Crippen molar-refractivity contribution >= 4 is 11.0 Å². The van der Waals surface area contributed by atoms with Crippen molar-refractivity contribution in [1.82, 2.24) is 19.7 Å². The largest absolute Gasteiger partial charge is 0.328 e. The fourth-order valence-corrected chi connectivity index (χ4v) is 1.99. The summed E-state index contributed by atoms with van der Waals surface area (Å²) in [6.07, 6.45) is 3.31. The molecule has 84 valence electrons. The van der Waals surface area contributed by atoms with Crippen LogP contribution >= 0.6 is 0 Å². The van der Waals surface area contributed by atoms with Gasteiger partial charge in [-0.3, -0.25) is 19.4 Å². The van der Waals surface area contributed by atoms with Crippen LogP contribution in [-0.2, 0) is 13.5 Å². The van der Waals surface area contributed by atoms with Crippen LogP contribution in [0.5, 0.6) is 0 Å². The van der Waals surface area contributed by atoms with Crippen LogP contribution in [0.15, 0.2) is 9.59 Å². The Kier molecular flexibility index (Phi) is 1.80. The van der Waals surface area contributed by atoms with Crippen LogP contribution in [0.1, 0.15) is 18.5 Å². The minimum Gasteiger partial charge on any atom is -0.293 e. The molecule has 0 radical (unpaired) electrons. The SMILES string of the molecule is Cn1c(=O)[nH]c(=O)c2n[nH]c(CC3CC3)c21. The highest BCUT2D eigenvalue weighted by atomic mass is 16.2. The highest BCUT2D eigenvalue weighted by Crippen LogP contribution is 2.33. The second-order valence-corrected chi connectivity index (χ2v) is 4.37. The summed E-state index contributed by atoms with van der Waals surface area (Å²) in [6.45, 7) is 0. The minimum atomic E-state index is -0.420. The first-order valence-corrected chi connectivity index (χ1v) is 5.33. The molecule has 1 aliphatic rings. The molecule has 2 N–H and O–H groups in total. The molecule has 0 aromatic carbocycles. The molecule has 0 atom stereocenters. The van der Waals surface area contributed by atoms with E-state index in [-0.39, 0.29) is 0 Å². The third-order valence-corrected chi connectivity index (χ3v) is 3.08. The zero-order valence-electron chi connectivity index (χ0n) is 8.91. The van der Waals surface area contributed by atoms with Crippen LogP contribution < -0.4 is 11.2 Å². The summed E-state index contributed by atoms with van der Waals surface area (Å²) in [4.78, 5) is 25.2. The molecule has 6 heteroatoms. The van der Waals surface area contributed by atoms with Crippen molar-refractivity contribution in [3.05, 3.63) is 26.5 Å². The zero-order valence-corrected chi connectivity index (χ0v) is 8.91. The molecule has 0 spiro atoms. The van der Waals surface area contributed by atoms with Gasteiger partial charge >= 0.3 is 5.69 Å². The Labute approximate surface area is 90.3 Å². The van der Waals surface area contributed by atoms with Crippen molar-refractivity contribution in [3.8, 4) is 0 Å². The van der Waals surface area contributed by atoms with Gasteiger partial charge in [-0.15, -0.1) is 0 Å². The van der Waals surface area contributed by atoms with Crippen molar-refractivity contribution in [2.24, 2.45) is 13.0 Å². The van der Waals surface area contributed by atoms with Gasteiger partial charge in [-0.2, -0.15) is 5.10 Å². The third kappa shape index (κ3) is 1.30. The van der Waals surface area contributed by atoms with Crippen molar-refractivity contribution < 1.29 is 0 Å². The van der Waals surface area contributed by atoms with Crippen LogP contribution in [-0.4, -0.2) is 19.7 Å². The monoisotopic (exact) mass is 220 g/mol. The van der Waals surface area contributed by atoms with Crippen LogP contribution in [0.25, 0.3) is 11.0 Å². The van der Waals surface area contributed by atoms with Gasteiger partial charge in [0.05, 0.1) is 11.2 Å². The summed E-state index contributed by atoms with van der Waals surface area (Å²) in [5, 5.41) is 6.84. The minimum absolute atomic E-state index is 0.317. The predicted molar refractivity (Wildman–Crippen MR) is 58.4 cm³/mol. The number of hydrogen-bond acceptors (Lipinski definition) is 3. The van der Waals surface area contributed by atoms with Gasteiger partial charge < -0.3 is 0 Å². The number of aromatic amines is 2. The molecule has 1 saturated carbocycles. The zero-order chi connectivity index (χ0) is 11.3. The van der Waals surface area contributed by atoms with Gasteiger partial charge in [0.25, 0.3) is 5.56 Å². The molecular formula is C10H12N4O2. The van der Waals surface area contributed by atoms with Crippen LogP contribution in [0, 0.1) is 5.92 Å². The number of aryl methyl sites for hydroxylation is 1. The molecule has 0 saturated heterocycles. The number of rotatable bonds is 2. The lowest BCUT2D eigenvalue weighted by molar-refractivity contribution is 0.785. The topological polar surface area (TPSA) is 83.5 Å². The molecular weight excluding hydrogens is 208 g/mol. The van der Waals surface area contributed by atoms with Gasteiger partial charge in [0.15, 0.2) is 5.52 Å². The smallest absolute Gasteiger partial charge is 0.293 e. The Hall–Kier alpha value is -1.85. The van der Waals surface area contributed by atoms with Crippen LogP contribution in [0.3, 0.4) is 0 Å². The summed E-state index contributed by atoms with van der Waals surface area (Å²) < 4.78 is 1.44. The summed E-state index contributed by atoms with van der Waals surface area (Å²) in [7, 11) is 1.65. The Morgan fingerprint density at radius 3 is 2.88 bits per heavy atom. The van der Waals surface area contributed by atoms with Crippen molar-refractivity contribution in [2.45, 2.75) is 19.3 Å². The molecule has 0 unspecified atom stereocenters. The fourth-order valence-electron chi connectivity index (χ4n) is 1.99. The van der Waals surface area contributed by atoms with Crippen LogP contribution in [0.2, 0.25) is 0 Å². The molecule has 2 heterocycles. The molecule has 6 nitrogen and oxygen atoms in total. The first-order valence-electron chi connectivity index (χ1n) is 5.33. The van der Waals surface area contributed by atoms with Crippen molar-refractivity contribution in [1.29, 1.82) is 0 Å². The number of nitrogens with zero attached hydrogens (tertiary/aromatic N) is 2. The van der Waals surface area contributed by atoms with E-state index in [9.17, 15) is 9.59 Å². The molecule has 2 aromatic heterocycles. The van der Waals surface area contributed by atoms with Gasteiger partial charge in [-0.05, 0) is 25.2 Å². The van der Waals surface area contributed by atoms with E-state index >= 15 is 0 Å². The van der Waals surface area contributed by atoms with Gasteiger partial charge in [-0.1, -0.05) is 0 Å². The van der Waals surface area contributed by atoms with Gasteiger partial charge in [0.1, 0.15) is 0 Å². The summed E-state index contributed by atoms with van der Waals surface area (Å²) in [5.41, 5.74) is 1.04. The van der Waals surface area contributed by atoms with E-state index < -0.39 is 11.2 Å². The standard InChI is InChI=1S/C10H12N4O2/c1-14-8-6(4-5-2-3-5)12-13-7(8)9(15)11-10(14)16/h5H,2-4H2,1H3,(H,12,13)(H,11,15,16). The van der Waals surface area contributed by atoms with Gasteiger partial charge in [0.2, 0.25) is 0 Å². The molecule has 1 fully saturated rings. The summed E-state index contributed by atoms with van der Waals surface area (Å²) >= 11 is 0. The van der Waals surface area contributed by atoms with Crippen molar-refractivity contribution in [2.75, 3.05) is 0 Å². The molecule has 16 heavy (non-hydrogen) atoms. The van der Waals surface area contributed by atoms with E-state index in [4.69, 9.17) is 0 Å². The van der Waals surface area contributed by atoms with E-state index in [0.717, 1.165) is 12.1 Å². The number of aromatic nitrogens is 4. The second-order valence-electron chi connectivity index (χ2n) is 4.37. The molecule has 0 amide bonds. The second kappa shape index (κ2) is 3.07. The maximum atomic E-state index is 11.5. The third-order valence-electron chi connectivity index (χ3n) is 3.08. The van der Waals surface area contributed by atoms with E-state index in [2.05, 4.69) is 15.2 Å². The quantitative estimate of drug-likeness (QED) is 0.741. The first-order chi connectivity index (χ1) is 7.66. The van der Waals surface area contributed by atoms with Crippen molar-refractivity contribution in [3.63, 3.8) is 0 Å². The number of fused-ring (bicyclic) bond motifs is 1. The molecule has 3 rings (SSSR count). The highest BCUT2D eigenvalue weighted by molar-refractivity contribution is 5.76. The van der Waals surface area contributed by atoms with E-state index in [1.807, 2.05) is 0 Å². The number of nitrogens with one attached hydrogen (secondary N) is 2. The Bertz CT molecular complexity index is 659. The molecule has 2 aromatic rings. The lowest BCUT2D eigenvalue weighted by atomic mass is 10.2. The summed E-state index contributed by atoms with van der Waals surface area (Å²) in [5.74, 6) is 0.679. The fraction of sp³-hybridized carbons (Fsp3) is 0.500. The Morgan fingerprint density at radius 2 is 2.19 bits per heavy atom. The number of hydrogen-bond donors (Lipinski definition) is 2. The Morgan fingerprint density at radius 1 is 1.44 bits per heavy atom. The van der Waals surface area contributed by atoms with E-state index in [0.29, 0.717) is 17.0 Å². The average molecular weight is 220 g/mol. The number of H-pyrrole nitrogens is 2. The Balaban J connectivity index is 2.30. The lowest BCUT2D eigenvalue weighted by Gasteiger charge is -2.00. The van der Waals surface area contributed by atoms with Gasteiger partial charge in [-0.25, -0.2) is 4.79 Å². The predicted octanol–water partition coefficient (Wildman–Crippen LogP) is -0.0976. The average Bonchev–Trinajstić information content (AvgIpc) is 2.93. The maximum Gasteiger partial charge on any atom is 0.328 e. The maximum absolute atomic E-state index is 11.5. The lowest BCUT2D eigenvalue weighted by Crippen LogP contribution is -2.28.